The van der Waals surface area contributed by atoms with Crippen LogP contribution in [0.3, 0.4) is 0 Å². The van der Waals surface area contributed by atoms with Crippen LogP contribution in [-0.4, -0.2) is 16.1 Å². The fourth-order valence-corrected chi connectivity index (χ4v) is 0.598. The Morgan fingerprint density at radius 2 is 2.40 bits per heavy atom. The zero-order valence-corrected chi connectivity index (χ0v) is 5.11. The first-order chi connectivity index (χ1) is 4.72. The van der Waals surface area contributed by atoms with Crippen LogP contribution in [0.1, 0.15) is 16.1 Å². The van der Waals surface area contributed by atoms with E-state index < -0.39 is 5.97 Å². The second-order valence-corrected chi connectivity index (χ2v) is 1.74. The third kappa shape index (κ3) is 1.13. The lowest BCUT2D eigenvalue weighted by Gasteiger charge is -1.94. The Balaban J connectivity index is 3.15. The maximum absolute atomic E-state index is 10.3. The Morgan fingerprint density at radius 3 is 2.80 bits per heavy atom. The minimum absolute atomic E-state index is 0.0440. The van der Waals surface area contributed by atoms with Crippen LogP contribution in [0.2, 0.25) is 0 Å². The van der Waals surface area contributed by atoms with E-state index in [0.717, 1.165) is 0 Å². The largest absolute Gasteiger partial charge is 0.478 e. The lowest BCUT2D eigenvalue weighted by atomic mass is 10.2. The molecule has 0 amide bonds. The summed E-state index contributed by atoms with van der Waals surface area (Å²) in [5, 5.41) is 8.45. The SMILES string of the molecule is [CH]c1ncccc1C(=O)O. The van der Waals surface area contributed by atoms with E-state index in [1.165, 1.54) is 18.3 Å². The molecule has 1 heterocycles. The van der Waals surface area contributed by atoms with Crippen molar-refractivity contribution in [2.75, 3.05) is 0 Å². The smallest absolute Gasteiger partial charge is 0.337 e. The van der Waals surface area contributed by atoms with Crippen molar-refractivity contribution in [3.8, 4) is 0 Å². The van der Waals surface area contributed by atoms with Gasteiger partial charge < -0.3 is 5.11 Å². The maximum Gasteiger partial charge on any atom is 0.337 e. The molecule has 0 saturated carbocycles. The van der Waals surface area contributed by atoms with E-state index in [1.54, 1.807) is 0 Å². The molecule has 0 aliphatic rings. The summed E-state index contributed by atoms with van der Waals surface area (Å²) in [5.74, 6) is -1.05. The van der Waals surface area contributed by atoms with Gasteiger partial charge in [-0.2, -0.15) is 0 Å². The molecule has 0 aromatic carbocycles. The van der Waals surface area contributed by atoms with Crippen molar-refractivity contribution in [2.45, 2.75) is 0 Å². The quantitative estimate of drug-likeness (QED) is 0.620. The molecular formula is C7H5NO2. The predicted molar refractivity (Wildman–Crippen MR) is 34.6 cm³/mol. The van der Waals surface area contributed by atoms with Crippen molar-refractivity contribution in [1.82, 2.24) is 4.98 Å². The highest BCUT2D eigenvalue weighted by Crippen LogP contribution is 2.01. The molecule has 1 rings (SSSR count). The summed E-state index contributed by atoms with van der Waals surface area (Å²) in [6.45, 7) is 5.23. The zero-order valence-electron chi connectivity index (χ0n) is 5.11. The number of pyridine rings is 1. The first kappa shape index (κ1) is 6.74. The summed E-state index contributed by atoms with van der Waals surface area (Å²) in [6.07, 6.45) is 1.45. The van der Waals surface area contributed by atoms with Crippen LogP contribution in [-0.2, 0) is 0 Å². The van der Waals surface area contributed by atoms with E-state index in [0.29, 0.717) is 0 Å². The van der Waals surface area contributed by atoms with Crippen LogP contribution in [0.15, 0.2) is 18.3 Å². The number of carbonyl (C=O) groups is 1. The van der Waals surface area contributed by atoms with E-state index in [1.807, 2.05) is 0 Å². The van der Waals surface area contributed by atoms with Gasteiger partial charge in [-0.05, 0) is 12.1 Å². The normalized spacial score (nSPS) is 9.30. The molecule has 3 nitrogen and oxygen atoms in total. The summed E-state index contributed by atoms with van der Waals surface area (Å²) in [4.78, 5) is 13.9. The van der Waals surface area contributed by atoms with Gasteiger partial charge in [0.15, 0.2) is 0 Å². The Labute approximate surface area is 58.3 Å². The monoisotopic (exact) mass is 135 g/mol. The van der Waals surface area contributed by atoms with Crippen molar-refractivity contribution in [2.24, 2.45) is 0 Å². The Morgan fingerprint density at radius 1 is 1.70 bits per heavy atom. The van der Waals surface area contributed by atoms with Crippen LogP contribution in [0.4, 0.5) is 0 Å². The van der Waals surface area contributed by atoms with E-state index in [9.17, 15) is 4.79 Å². The third-order valence-corrected chi connectivity index (χ3v) is 1.07. The maximum atomic E-state index is 10.3. The highest BCUT2D eigenvalue weighted by Gasteiger charge is 2.04. The molecule has 1 N–H and O–H groups in total. The summed E-state index contributed by atoms with van der Waals surface area (Å²) in [5.41, 5.74) is 0.0949. The molecular weight excluding hydrogens is 130 g/mol. The summed E-state index contributed by atoms with van der Waals surface area (Å²) in [6, 6.07) is 2.94. The number of aromatic carboxylic acids is 1. The van der Waals surface area contributed by atoms with Gasteiger partial charge in [0.05, 0.1) is 11.3 Å². The van der Waals surface area contributed by atoms with Crippen LogP contribution < -0.4 is 0 Å². The highest BCUT2D eigenvalue weighted by atomic mass is 16.4. The number of hydrogen-bond donors (Lipinski definition) is 1. The number of aromatic nitrogens is 1. The fraction of sp³-hybridized carbons (Fsp3) is 0. The fourth-order valence-electron chi connectivity index (χ4n) is 0.598. The summed E-state index contributed by atoms with van der Waals surface area (Å²) >= 11 is 0. The lowest BCUT2D eigenvalue weighted by molar-refractivity contribution is 0.0696. The summed E-state index contributed by atoms with van der Waals surface area (Å²) < 4.78 is 0. The predicted octanol–water partition coefficient (Wildman–Crippen LogP) is 0.839. The van der Waals surface area contributed by atoms with Crippen molar-refractivity contribution in [1.29, 1.82) is 0 Å². The van der Waals surface area contributed by atoms with Gasteiger partial charge in [0.2, 0.25) is 0 Å². The van der Waals surface area contributed by atoms with Gasteiger partial charge in [-0.25, -0.2) is 4.79 Å². The van der Waals surface area contributed by atoms with Gasteiger partial charge in [0.1, 0.15) is 0 Å². The average molecular weight is 135 g/mol. The number of nitrogens with zero attached hydrogens (tertiary/aromatic N) is 1. The van der Waals surface area contributed by atoms with E-state index in [4.69, 9.17) is 12.0 Å². The molecule has 0 fully saturated rings. The molecule has 50 valence electrons. The van der Waals surface area contributed by atoms with Crippen LogP contribution in [0.25, 0.3) is 0 Å². The van der Waals surface area contributed by atoms with Crippen LogP contribution >= 0.6 is 0 Å². The second-order valence-electron chi connectivity index (χ2n) is 1.74. The highest BCUT2D eigenvalue weighted by molar-refractivity contribution is 5.88. The second kappa shape index (κ2) is 2.47. The number of rotatable bonds is 1. The standard InChI is InChI=1S/C7H5NO2/c1-5-6(7(9)10)3-2-4-8-5/h1-4H,(H,9,10). The Kier molecular flexibility index (Phi) is 1.67. The van der Waals surface area contributed by atoms with Crippen LogP contribution in [0, 0.1) is 6.92 Å². The average Bonchev–Trinajstić information content (AvgIpc) is 1.88. The molecule has 0 spiro atoms. The molecule has 0 atom stereocenters. The van der Waals surface area contributed by atoms with Gasteiger partial charge in [0.25, 0.3) is 0 Å². The molecule has 1 aromatic rings. The van der Waals surface area contributed by atoms with E-state index >= 15 is 0 Å². The minimum Gasteiger partial charge on any atom is -0.478 e. The lowest BCUT2D eigenvalue weighted by Crippen LogP contribution is -2.00. The van der Waals surface area contributed by atoms with Gasteiger partial charge in [-0.3, -0.25) is 4.98 Å². The minimum atomic E-state index is -1.05. The topological polar surface area (TPSA) is 50.2 Å². The molecule has 0 aliphatic heterocycles. The molecule has 10 heavy (non-hydrogen) atoms. The Bertz CT molecular complexity index is 258. The number of carboxylic acid groups (broad SMARTS) is 1. The Hall–Kier alpha value is -1.38. The van der Waals surface area contributed by atoms with Gasteiger partial charge in [-0.1, -0.05) is 0 Å². The molecule has 0 unspecified atom stereocenters. The van der Waals surface area contributed by atoms with Crippen LogP contribution in [0.5, 0.6) is 0 Å². The van der Waals surface area contributed by atoms with Gasteiger partial charge in [0, 0.05) is 13.1 Å². The van der Waals surface area contributed by atoms with Crippen molar-refractivity contribution >= 4 is 5.97 Å². The van der Waals surface area contributed by atoms with Crippen molar-refractivity contribution in [3.05, 3.63) is 36.5 Å². The molecule has 0 aliphatic carbocycles. The van der Waals surface area contributed by atoms with Crippen molar-refractivity contribution < 1.29 is 9.90 Å². The van der Waals surface area contributed by atoms with Gasteiger partial charge in [-0.15, -0.1) is 0 Å². The van der Waals surface area contributed by atoms with E-state index in [2.05, 4.69) is 4.98 Å². The first-order valence-electron chi connectivity index (χ1n) is 2.65. The van der Waals surface area contributed by atoms with Gasteiger partial charge >= 0.3 is 5.97 Å². The molecule has 0 saturated heterocycles. The van der Waals surface area contributed by atoms with Crippen molar-refractivity contribution in [3.63, 3.8) is 0 Å². The summed E-state index contributed by atoms with van der Waals surface area (Å²) in [7, 11) is 0. The molecule has 0 bridgehead atoms. The first-order valence-corrected chi connectivity index (χ1v) is 2.65. The number of hydrogen-bond acceptors (Lipinski definition) is 2. The van der Waals surface area contributed by atoms with E-state index in [-0.39, 0.29) is 11.3 Å². The molecule has 3 heteroatoms. The molecule has 1 aromatic heterocycles. The number of carboxylic acids is 1. The zero-order chi connectivity index (χ0) is 7.56. The molecule has 2 radical (unpaired) electrons. The third-order valence-electron chi connectivity index (χ3n) is 1.07.